The fraction of sp³-hybridized carbons (Fsp3) is 0.500. The van der Waals surface area contributed by atoms with Crippen LogP contribution >= 0.6 is 0 Å². The highest BCUT2D eigenvalue weighted by Gasteiger charge is 2.35. The summed E-state index contributed by atoms with van der Waals surface area (Å²) in [5, 5.41) is 18.9. The minimum Gasteiger partial charge on any atom is -0.370 e. The van der Waals surface area contributed by atoms with Crippen LogP contribution in [0.4, 0.5) is 5.69 Å². The number of benzene rings is 1. The Hall–Kier alpha value is -2.99. The zero-order chi connectivity index (χ0) is 23.2. The topological polar surface area (TPSA) is 82.2 Å². The standard InChI is InChI=1S/C26H31N7O/c1-17-12-32(25-6-5-19(10-27)26-22(25)4-3-8-29-26)16-21(34-17)15-31-13-20(14-31)33-18(2)23-11-28-9-7-24(23)30-33/h3-6,8,17,20-21,28H,7,9,11-16H2,1-2H3. The van der Waals surface area contributed by atoms with Crippen molar-refractivity contribution in [2.75, 3.05) is 44.2 Å². The predicted molar refractivity (Wildman–Crippen MR) is 131 cm³/mol. The van der Waals surface area contributed by atoms with E-state index in [-0.39, 0.29) is 12.2 Å². The molecule has 0 radical (unpaired) electrons. The number of pyridine rings is 1. The van der Waals surface area contributed by atoms with Crippen molar-refractivity contribution in [1.29, 1.82) is 5.26 Å². The Balaban J connectivity index is 1.14. The van der Waals surface area contributed by atoms with Gasteiger partial charge >= 0.3 is 0 Å². The van der Waals surface area contributed by atoms with Gasteiger partial charge in [0.1, 0.15) is 6.07 Å². The van der Waals surface area contributed by atoms with Gasteiger partial charge in [0.25, 0.3) is 0 Å². The summed E-state index contributed by atoms with van der Waals surface area (Å²) in [7, 11) is 0. The lowest BCUT2D eigenvalue weighted by atomic mass is 10.0. The molecule has 6 rings (SSSR count). The molecule has 176 valence electrons. The Morgan fingerprint density at radius 3 is 2.91 bits per heavy atom. The van der Waals surface area contributed by atoms with Gasteiger partial charge in [-0.1, -0.05) is 0 Å². The second kappa shape index (κ2) is 8.66. The first-order chi connectivity index (χ1) is 16.6. The molecule has 8 heteroatoms. The lowest BCUT2D eigenvalue weighted by Gasteiger charge is -2.45. The zero-order valence-electron chi connectivity index (χ0n) is 19.9. The summed E-state index contributed by atoms with van der Waals surface area (Å²) in [5.74, 6) is 0. The van der Waals surface area contributed by atoms with Gasteiger partial charge in [-0.15, -0.1) is 0 Å². The molecule has 2 unspecified atom stereocenters. The second-order valence-corrected chi connectivity index (χ2v) is 9.87. The molecule has 2 atom stereocenters. The van der Waals surface area contributed by atoms with E-state index in [9.17, 15) is 5.26 Å². The van der Waals surface area contributed by atoms with E-state index >= 15 is 0 Å². The van der Waals surface area contributed by atoms with Gasteiger partial charge in [0.05, 0.1) is 35.0 Å². The van der Waals surface area contributed by atoms with Crippen molar-refractivity contribution in [1.82, 2.24) is 25.0 Å². The number of nitrogens with zero attached hydrogens (tertiary/aromatic N) is 6. The van der Waals surface area contributed by atoms with E-state index in [4.69, 9.17) is 9.84 Å². The van der Waals surface area contributed by atoms with Crippen molar-refractivity contribution < 1.29 is 4.74 Å². The number of anilines is 1. The van der Waals surface area contributed by atoms with Gasteiger partial charge in [-0.05, 0) is 38.1 Å². The van der Waals surface area contributed by atoms with E-state index in [0.717, 1.165) is 68.8 Å². The van der Waals surface area contributed by atoms with E-state index < -0.39 is 0 Å². The summed E-state index contributed by atoms with van der Waals surface area (Å²) in [4.78, 5) is 9.37. The Kier molecular flexibility index (Phi) is 5.48. The second-order valence-electron chi connectivity index (χ2n) is 9.87. The smallest absolute Gasteiger partial charge is 0.101 e. The van der Waals surface area contributed by atoms with E-state index in [1.165, 1.54) is 17.0 Å². The van der Waals surface area contributed by atoms with E-state index in [0.29, 0.717) is 11.6 Å². The van der Waals surface area contributed by atoms with E-state index in [1.807, 2.05) is 12.1 Å². The minimum absolute atomic E-state index is 0.142. The highest BCUT2D eigenvalue weighted by molar-refractivity contribution is 5.95. The SMILES string of the molecule is Cc1c2c(nn1C1CN(CC3CN(c4ccc(C#N)c5ncccc45)CC(C)O3)C1)CCNC2. The van der Waals surface area contributed by atoms with Crippen molar-refractivity contribution in [2.45, 2.75) is 45.1 Å². The molecule has 5 heterocycles. The Morgan fingerprint density at radius 2 is 2.09 bits per heavy atom. The number of aromatic nitrogens is 3. The Bertz CT molecular complexity index is 1260. The van der Waals surface area contributed by atoms with Gasteiger partial charge in [0, 0.05) is 80.8 Å². The predicted octanol–water partition coefficient (Wildman–Crippen LogP) is 2.41. The molecule has 0 aliphatic carbocycles. The van der Waals surface area contributed by atoms with Crippen molar-refractivity contribution in [2.24, 2.45) is 0 Å². The number of hydrogen-bond acceptors (Lipinski definition) is 7. The van der Waals surface area contributed by atoms with Crippen LogP contribution in [0.25, 0.3) is 10.9 Å². The van der Waals surface area contributed by atoms with Gasteiger partial charge in [-0.3, -0.25) is 14.6 Å². The molecule has 0 saturated carbocycles. The molecule has 2 fully saturated rings. The number of morpholine rings is 1. The van der Waals surface area contributed by atoms with Crippen molar-refractivity contribution in [3.05, 3.63) is 53.0 Å². The third-order valence-electron chi connectivity index (χ3n) is 7.48. The fourth-order valence-corrected chi connectivity index (χ4v) is 5.82. The summed E-state index contributed by atoms with van der Waals surface area (Å²) in [6.07, 6.45) is 3.07. The zero-order valence-corrected chi connectivity index (χ0v) is 19.9. The monoisotopic (exact) mass is 457 g/mol. The summed E-state index contributed by atoms with van der Waals surface area (Å²) in [5.41, 5.74) is 6.52. The molecule has 2 aromatic heterocycles. The molecular formula is C26H31N7O. The first-order valence-electron chi connectivity index (χ1n) is 12.3. The maximum Gasteiger partial charge on any atom is 0.101 e. The molecule has 2 saturated heterocycles. The van der Waals surface area contributed by atoms with Crippen LogP contribution in [-0.2, 0) is 17.7 Å². The normalized spacial score (nSPS) is 23.5. The van der Waals surface area contributed by atoms with Crippen LogP contribution in [0.1, 0.15) is 35.5 Å². The average molecular weight is 458 g/mol. The van der Waals surface area contributed by atoms with Crippen LogP contribution in [0.3, 0.4) is 0 Å². The molecule has 0 spiro atoms. The van der Waals surface area contributed by atoms with E-state index in [2.05, 4.69) is 56.8 Å². The van der Waals surface area contributed by atoms with Gasteiger partial charge < -0.3 is 15.0 Å². The van der Waals surface area contributed by atoms with Crippen LogP contribution in [0, 0.1) is 18.3 Å². The van der Waals surface area contributed by atoms with Gasteiger partial charge in [-0.25, -0.2) is 0 Å². The van der Waals surface area contributed by atoms with E-state index in [1.54, 1.807) is 6.20 Å². The molecule has 0 amide bonds. The summed E-state index contributed by atoms with van der Waals surface area (Å²) in [6, 6.07) is 10.7. The number of nitriles is 1. The molecule has 34 heavy (non-hydrogen) atoms. The highest BCUT2D eigenvalue weighted by Crippen LogP contribution is 2.31. The molecule has 1 aromatic carbocycles. The van der Waals surface area contributed by atoms with Crippen molar-refractivity contribution >= 4 is 16.6 Å². The van der Waals surface area contributed by atoms with Crippen LogP contribution in [0.5, 0.6) is 0 Å². The van der Waals surface area contributed by atoms with Crippen LogP contribution in [0.15, 0.2) is 30.5 Å². The first kappa shape index (κ1) is 21.5. The molecule has 0 bridgehead atoms. The van der Waals surface area contributed by atoms with Crippen molar-refractivity contribution in [3.8, 4) is 6.07 Å². The number of likely N-dealkylation sites (tertiary alicyclic amines) is 1. The van der Waals surface area contributed by atoms with Crippen LogP contribution in [-0.4, -0.2) is 71.1 Å². The van der Waals surface area contributed by atoms with Crippen molar-refractivity contribution in [3.63, 3.8) is 0 Å². The van der Waals surface area contributed by atoms with Crippen LogP contribution in [0.2, 0.25) is 0 Å². The number of ether oxygens (including phenoxy) is 1. The number of hydrogen-bond donors (Lipinski definition) is 1. The third kappa shape index (κ3) is 3.74. The summed E-state index contributed by atoms with van der Waals surface area (Å²) in [6.45, 7) is 11.0. The average Bonchev–Trinajstić information content (AvgIpc) is 3.16. The quantitative estimate of drug-likeness (QED) is 0.644. The molecule has 1 N–H and O–H groups in total. The van der Waals surface area contributed by atoms with Gasteiger partial charge in [0.15, 0.2) is 0 Å². The third-order valence-corrected chi connectivity index (χ3v) is 7.48. The number of fused-ring (bicyclic) bond motifs is 2. The molecule has 3 aliphatic rings. The molecule has 8 nitrogen and oxygen atoms in total. The molecular weight excluding hydrogens is 426 g/mol. The largest absolute Gasteiger partial charge is 0.370 e. The first-order valence-corrected chi connectivity index (χ1v) is 12.3. The minimum atomic E-state index is 0.142. The molecule has 3 aromatic rings. The van der Waals surface area contributed by atoms with Gasteiger partial charge in [0.2, 0.25) is 0 Å². The highest BCUT2D eigenvalue weighted by atomic mass is 16.5. The van der Waals surface area contributed by atoms with Crippen LogP contribution < -0.4 is 10.2 Å². The maximum absolute atomic E-state index is 9.48. The summed E-state index contributed by atoms with van der Waals surface area (Å²) >= 11 is 0. The molecule has 3 aliphatic heterocycles. The number of rotatable bonds is 4. The Morgan fingerprint density at radius 1 is 1.21 bits per heavy atom. The lowest BCUT2D eigenvalue weighted by molar-refractivity contribution is -0.0491. The Labute approximate surface area is 200 Å². The summed E-state index contributed by atoms with van der Waals surface area (Å²) < 4.78 is 8.61. The van der Waals surface area contributed by atoms with Gasteiger partial charge in [-0.2, -0.15) is 10.4 Å². The maximum atomic E-state index is 9.48. The fourth-order valence-electron chi connectivity index (χ4n) is 5.82. The lowest BCUT2D eigenvalue weighted by Crippen LogP contribution is -2.56. The number of nitrogens with one attached hydrogen (secondary N) is 1.